The van der Waals surface area contributed by atoms with Crippen LogP contribution in [-0.4, -0.2) is 19.7 Å². The first-order valence-electron chi connectivity index (χ1n) is 7.35. The third kappa shape index (κ3) is 2.99. The van der Waals surface area contributed by atoms with Crippen LogP contribution in [0.25, 0.3) is 21.6 Å². The third-order valence-electron chi connectivity index (χ3n) is 3.69. The number of fused-ring (bicyclic) bond motifs is 1. The van der Waals surface area contributed by atoms with Crippen LogP contribution in [-0.2, 0) is 12.7 Å². The minimum absolute atomic E-state index is 0.0191. The summed E-state index contributed by atoms with van der Waals surface area (Å²) >= 11 is 1.36. The molecule has 4 rings (SSSR count). The summed E-state index contributed by atoms with van der Waals surface area (Å²) in [7, 11) is 0. The molecular weight excluding hydrogens is 369 g/mol. The average molecular weight is 378 g/mol. The van der Waals surface area contributed by atoms with Gasteiger partial charge in [0, 0.05) is 5.56 Å². The topological polar surface area (TPSA) is 73.8 Å². The molecule has 4 aromatic rings. The SMILES string of the molecule is O=c1c2ccsc2ncn1Cc1nc(-c2ccc(C(F)(F)F)cc2)no1. The quantitative estimate of drug-likeness (QED) is 0.545. The summed E-state index contributed by atoms with van der Waals surface area (Å²) in [6.45, 7) is 0.0191. The van der Waals surface area contributed by atoms with Crippen LogP contribution in [0.5, 0.6) is 0 Å². The summed E-state index contributed by atoms with van der Waals surface area (Å²) in [4.78, 5) is 21.3. The fourth-order valence-corrected chi connectivity index (χ4v) is 3.12. The van der Waals surface area contributed by atoms with Crippen molar-refractivity contribution in [2.24, 2.45) is 0 Å². The van der Waals surface area contributed by atoms with Crippen molar-refractivity contribution in [1.82, 2.24) is 19.7 Å². The second kappa shape index (κ2) is 6.06. The maximum Gasteiger partial charge on any atom is 0.416 e. The minimum atomic E-state index is -4.41. The second-order valence-corrected chi connectivity index (χ2v) is 6.30. The molecule has 132 valence electrons. The zero-order valence-electron chi connectivity index (χ0n) is 12.9. The molecule has 0 aliphatic carbocycles. The van der Waals surface area contributed by atoms with Gasteiger partial charge in [-0.1, -0.05) is 17.3 Å². The molecule has 0 bridgehead atoms. The lowest BCUT2D eigenvalue weighted by molar-refractivity contribution is -0.137. The van der Waals surface area contributed by atoms with Gasteiger partial charge in [-0.2, -0.15) is 18.2 Å². The first-order valence-corrected chi connectivity index (χ1v) is 8.22. The Balaban J connectivity index is 1.59. The van der Waals surface area contributed by atoms with E-state index in [1.54, 1.807) is 11.4 Å². The number of hydrogen-bond acceptors (Lipinski definition) is 6. The molecule has 0 fully saturated rings. The second-order valence-electron chi connectivity index (χ2n) is 5.40. The zero-order chi connectivity index (χ0) is 18.3. The fourth-order valence-electron chi connectivity index (χ4n) is 2.40. The minimum Gasteiger partial charge on any atom is -0.337 e. The third-order valence-corrected chi connectivity index (χ3v) is 4.52. The molecule has 0 N–H and O–H groups in total. The highest BCUT2D eigenvalue weighted by Crippen LogP contribution is 2.30. The Hall–Kier alpha value is -3.01. The number of halogens is 3. The molecule has 6 nitrogen and oxygen atoms in total. The van der Waals surface area contributed by atoms with Gasteiger partial charge in [0.1, 0.15) is 11.4 Å². The van der Waals surface area contributed by atoms with E-state index in [1.807, 2.05) is 0 Å². The summed E-state index contributed by atoms with van der Waals surface area (Å²) in [6.07, 6.45) is -3.02. The number of thiophene rings is 1. The molecule has 0 saturated heterocycles. The molecule has 0 saturated carbocycles. The van der Waals surface area contributed by atoms with E-state index in [2.05, 4.69) is 15.1 Å². The van der Waals surface area contributed by atoms with Crippen LogP contribution >= 0.6 is 11.3 Å². The standard InChI is InChI=1S/C16H9F3N4O2S/c17-16(18,19)10-3-1-9(2-4-10)13-21-12(25-22-13)7-23-8-20-14-11(15(23)24)5-6-26-14/h1-6,8H,7H2. The molecule has 3 aromatic heterocycles. The maximum absolute atomic E-state index is 12.6. The van der Waals surface area contributed by atoms with E-state index >= 15 is 0 Å². The van der Waals surface area contributed by atoms with Crippen LogP contribution in [0.3, 0.4) is 0 Å². The van der Waals surface area contributed by atoms with Crippen LogP contribution < -0.4 is 5.56 Å². The molecule has 0 aliphatic heterocycles. The summed E-state index contributed by atoms with van der Waals surface area (Å²) in [5.41, 5.74) is -0.607. The predicted molar refractivity (Wildman–Crippen MR) is 87.7 cm³/mol. The van der Waals surface area contributed by atoms with Crippen LogP contribution in [0.4, 0.5) is 13.2 Å². The summed E-state index contributed by atoms with van der Waals surface area (Å²) in [5.74, 6) is 0.296. The Labute approximate surface area is 147 Å². The number of benzene rings is 1. The van der Waals surface area contributed by atoms with Gasteiger partial charge < -0.3 is 4.52 Å². The normalized spacial score (nSPS) is 12.0. The molecular formula is C16H9F3N4O2S. The lowest BCUT2D eigenvalue weighted by atomic mass is 10.1. The van der Waals surface area contributed by atoms with Gasteiger partial charge in [0.2, 0.25) is 11.7 Å². The summed E-state index contributed by atoms with van der Waals surface area (Å²) in [6, 6.07) is 6.12. The smallest absolute Gasteiger partial charge is 0.337 e. The van der Waals surface area contributed by atoms with Gasteiger partial charge in [0.05, 0.1) is 17.3 Å². The van der Waals surface area contributed by atoms with Gasteiger partial charge in [-0.15, -0.1) is 11.3 Å². The zero-order valence-corrected chi connectivity index (χ0v) is 13.7. The van der Waals surface area contributed by atoms with Crippen molar-refractivity contribution >= 4 is 21.6 Å². The molecule has 10 heteroatoms. The van der Waals surface area contributed by atoms with E-state index in [0.717, 1.165) is 12.1 Å². The molecule has 1 aromatic carbocycles. The van der Waals surface area contributed by atoms with E-state index in [9.17, 15) is 18.0 Å². The van der Waals surface area contributed by atoms with E-state index in [1.165, 1.54) is 34.4 Å². The lowest BCUT2D eigenvalue weighted by Gasteiger charge is -2.05. The number of alkyl halides is 3. The van der Waals surface area contributed by atoms with Crippen molar-refractivity contribution in [3.05, 3.63) is 63.8 Å². The van der Waals surface area contributed by atoms with Crippen molar-refractivity contribution in [3.8, 4) is 11.4 Å². The number of hydrogen-bond donors (Lipinski definition) is 0. The summed E-state index contributed by atoms with van der Waals surface area (Å²) in [5, 5.41) is 6.03. The highest BCUT2D eigenvalue weighted by Gasteiger charge is 2.30. The van der Waals surface area contributed by atoms with Crippen molar-refractivity contribution in [2.75, 3.05) is 0 Å². The Kier molecular flexibility index (Phi) is 3.83. The van der Waals surface area contributed by atoms with Crippen LogP contribution in [0, 0.1) is 0 Å². The first-order chi connectivity index (χ1) is 12.4. The van der Waals surface area contributed by atoms with E-state index in [4.69, 9.17) is 4.52 Å². The average Bonchev–Trinajstić information content (AvgIpc) is 3.26. The summed E-state index contributed by atoms with van der Waals surface area (Å²) < 4.78 is 44.3. The van der Waals surface area contributed by atoms with Crippen LogP contribution in [0.2, 0.25) is 0 Å². The van der Waals surface area contributed by atoms with Gasteiger partial charge in [0.25, 0.3) is 5.56 Å². The van der Waals surface area contributed by atoms with Crippen LogP contribution in [0.1, 0.15) is 11.5 Å². The number of rotatable bonds is 3. The van der Waals surface area contributed by atoms with E-state index in [-0.39, 0.29) is 23.8 Å². The van der Waals surface area contributed by atoms with Crippen LogP contribution in [0.15, 0.2) is 51.4 Å². The van der Waals surface area contributed by atoms with E-state index < -0.39 is 11.7 Å². The Morgan fingerprint density at radius 3 is 2.65 bits per heavy atom. The van der Waals surface area contributed by atoms with Gasteiger partial charge in [0.15, 0.2) is 0 Å². The molecule has 26 heavy (non-hydrogen) atoms. The predicted octanol–water partition coefficient (Wildman–Crippen LogP) is 3.58. The monoisotopic (exact) mass is 378 g/mol. The van der Waals surface area contributed by atoms with Gasteiger partial charge in [-0.3, -0.25) is 9.36 Å². The lowest BCUT2D eigenvalue weighted by Crippen LogP contribution is -2.20. The number of aromatic nitrogens is 4. The highest BCUT2D eigenvalue weighted by molar-refractivity contribution is 7.16. The largest absolute Gasteiger partial charge is 0.416 e. The molecule has 0 aliphatic rings. The van der Waals surface area contributed by atoms with Gasteiger partial charge in [-0.05, 0) is 23.6 Å². The van der Waals surface area contributed by atoms with Gasteiger partial charge >= 0.3 is 6.18 Å². The molecule has 0 atom stereocenters. The molecule has 0 spiro atoms. The molecule has 3 heterocycles. The molecule has 0 unspecified atom stereocenters. The Morgan fingerprint density at radius 2 is 1.92 bits per heavy atom. The Bertz CT molecular complexity index is 1130. The maximum atomic E-state index is 12.6. The fraction of sp³-hybridized carbons (Fsp3) is 0.125. The van der Waals surface area contributed by atoms with Crippen molar-refractivity contribution in [3.63, 3.8) is 0 Å². The number of nitrogens with zero attached hydrogens (tertiary/aromatic N) is 4. The first kappa shape index (κ1) is 16.5. The van der Waals surface area contributed by atoms with Gasteiger partial charge in [-0.25, -0.2) is 4.98 Å². The molecule has 0 amide bonds. The van der Waals surface area contributed by atoms with Crippen molar-refractivity contribution in [1.29, 1.82) is 0 Å². The Morgan fingerprint density at radius 1 is 1.15 bits per heavy atom. The van der Waals surface area contributed by atoms with E-state index in [0.29, 0.717) is 15.8 Å². The highest BCUT2D eigenvalue weighted by atomic mass is 32.1. The van der Waals surface area contributed by atoms with Crippen molar-refractivity contribution in [2.45, 2.75) is 12.7 Å². The molecule has 0 radical (unpaired) electrons. The van der Waals surface area contributed by atoms with Crippen molar-refractivity contribution < 1.29 is 17.7 Å².